The molecule has 0 heterocycles. The lowest BCUT2D eigenvalue weighted by Crippen LogP contribution is -2.22. The van der Waals surface area contributed by atoms with Crippen LogP contribution in [0.15, 0.2) is 48.5 Å². The third kappa shape index (κ3) is 3.45. The molecule has 0 amide bonds. The van der Waals surface area contributed by atoms with Gasteiger partial charge in [-0.15, -0.1) is 0 Å². The average molecular weight is 253 g/mol. The van der Waals surface area contributed by atoms with Crippen molar-refractivity contribution in [3.8, 4) is 0 Å². The lowest BCUT2D eigenvalue weighted by molar-refractivity contribution is 0.629. The fourth-order valence-corrected chi connectivity index (χ4v) is 2.47. The van der Waals surface area contributed by atoms with Crippen LogP contribution >= 0.6 is 0 Å². The standard InChI is InChI=1S/C18H23N/c1-4-15-9-7-11-17(13-15)18(19-5-2)16-10-6-8-14(3)12-16/h6-13,18-19H,4-5H2,1-3H3. The van der Waals surface area contributed by atoms with Crippen LogP contribution in [0.25, 0.3) is 0 Å². The summed E-state index contributed by atoms with van der Waals surface area (Å²) in [7, 11) is 0. The monoisotopic (exact) mass is 253 g/mol. The van der Waals surface area contributed by atoms with E-state index in [1.165, 1.54) is 22.3 Å². The molecule has 0 aliphatic heterocycles. The van der Waals surface area contributed by atoms with Crippen molar-refractivity contribution < 1.29 is 0 Å². The van der Waals surface area contributed by atoms with E-state index in [0.29, 0.717) is 0 Å². The summed E-state index contributed by atoms with van der Waals surface area (Å²) in [5, 5.41) is 3.59. The first-order chi connectivity index (χ1) is 9.24. The Morgan fingerprint density at radius 3 is 2.26 bits per heavy atom. The smallest absolute Gasteiger partial charge is 0.0576 e. The Morgan fingerprint density at radius 2 is 1.63 bits per heavy atom. The van der Waals surface area contributed by atoms with Gasteiger partial charge >= 0.3 is 0 Å². The number of hydrogen-bond donors (Lipinski definition) is 1. The zero-order chi connectivity index (χ0) is 13.7. The molecule has 0 aromatic heterocycles. The number of benzene rings is 2. The maximum Gasteiger partial charge on any atom is 0.0576 e. The van der Waals surface area contributed by atoms with Gasteiger partial charge in [-0.1, -0.05) is 67.9 Å². The Bertz CT molecular complexity index is 531. The van der Waals surface area contributed by atoms with Gasteiger partial charge in [-0.3, -0.25) is 0 Å². The van der Waals surface area contributed by atoms with Crippen molar-refractivity contribution in [1.29, 1.82) is 0 Å². The van der Waals surface area contributed by atoms with E-state index in [-0.39, 0.29) is 6.04 Å². The molecular weight excluding hydrogens is 230 g/mol. The molecule has 0 aliphatic carbocycles. The second-order valence-corrected chi connectivity index (χ2v) is 5.00. The van der Waals surface area contributed by atoms with E-state index in [4.69, 9.17) is 0 Å². The van der Waals surface area contributed by atoms with Gasteiger partial charge in [-0.25, -0.2) is 0 Å². The predicted octanol–water partition coefficient (Wildman–Crippen LogP) is 4.26. The number of hydrogen-bond acceptors (Lipinski definition) is 1. The van der Waals surface area contributed by atoms with Gasteiger partial charge in [0.25, 0.3) is 0 Å². The van der Waals surface area contributed by atoms with Gasteiger partial charge in [0.2, 0.25) is 0 Å². The van der Waals surface area contributed by atoms with Gasteiger partial charge in [0.05, 0.1) is 6.04 Å². The molecule has 1 N–H and O–H groups in total. The van der Waals surface area contributed by atoms with Crippen molar-refractivity contribution in [3.63, 3.8) is 0 Å². The molecule has 2 rings (SSSR count). The maximum atomic E-state index is 3.59. The molecule has 2 aromatic carbocycles. The summed E-state index contributed by atoms with van der Waals surface area (Å²) >= 11 is 0. The maximum absolute atomic E-state index is 3.59. The first kappa shape index (κ1) is 13.8. The fraction of sp³-hybridized carbons (Fsp3) is 0.333. The highest BCUT2D eigenvalue weighted by molar-refractivity contribution is 5.36. The topological polar surface area (TPSA) is 12.0 Å². The van der Waals surface area contributed by atoms with Crippen LogP contribution in [-0.2, 0) is 6.42 Å². The quantitative estimate of drug-likeness (QED) is 0.839. The van der Waals surface area contributed by atoms with Gasteiger partial charge in [-0.2, -0.15) is 0 Å². The molecule has 1 unspecified atom stereocenters. The zero-order valence-electron chi connectivity index (χ0n) is 12.1. The molecule has 1 atom stereocenters. The summed E-state index contributed by atoms with van der Waals surface area (Å²) in [6.45, 7) is 7.48. The molecule has 2 aromatic rings. The van der Waals surface area contributed by atoms with Crippen LogP contribution in [0.1, 0.15) is 42.1 Å². The van der Waals surface area contributed by atoms with Crippen molar-refractivity contribution in [2.24, 2.45) is 0 Å². The summed E-state index contributed by atoms with van der Waals surface area (Å²) in [5.41, 5.74) is 5.40. The van der Waals surface area contributed by atoms with Crippen molar-refractivity contribution >= 4 is 0 Å². The van der Waals surface area contributed by atoms with Crippen LogP contribution in [0.4, 0.5) is 0 Å². The molecule has 0 saturated carbocycles. The van der Waals surface area contributed by atoms with E-state index in [0.717, 1.165) is 13.0 Å². The highest BCUT2D eigenvalue weighted by Crippen LogP contribution is 2.23. The van der Waals surface area contributed by atoms with Crippen LogP contribution in [0.2, 0.25) is 0 Å². The van der Waals surface area contributed by atoms with E-state index < -0.39 is 0 Å². The highest BCUT2D eigenvalue weighted by atomic mass is 14.9. The SMILES string of the molecule is CCNC(c1cccc(C)c1)c1cccc(CC)c1. The van der Waals surface area contributed by atoms with E-state index in [1.807, 2.05) is 0 Å². The molecular formula is C18H23N. The molecule has 0 aliphatic rings. The van der Waals surface area contributed by atoms with Crippen LogP contribution in [0.3, 0.4) is 0 Å². The highest BCUT2D eigenvalue weighted by Gasteiger charge is 2.13. The van der Waals surface area contributed by atoms with E-state index in [9.17, 15) is 0 Å². The molecule has 1 heteroatoms. The predicted molar refractivity (Wildman–Crippen MR) is 82.5 cm³/mol. The molecule has 0 spiro atoms. The van der Waals surface area contributed by atoms with Crippen LogP contribution in [0, 0.1) is 6.92 Å². The molecule has 0 bridgehead atoms. The minimum Gasteiger partial charge on any atom is -0.307 e. The number of aryl methyl sites for hydroxylation is 2. The van der Waals surface area contributed by atoms with Crippen LogP contribution < -0.4 is 5.32 Å². The summed E-state index contributed by atoms with van der Waals surface area (Å²) in [6, 6.07) is 17.9. The van der Waals surface area contributed by atoms with Crippen molar-refractivity contribution in [1.82, 2.24) is 5.32 Å². The van der Waals surface area contributed by atoms with Crippen molar-refractivity contribution in [2.45, 2.75) is 33.2 Å². The summed E-state index contributed by atoms with van der Waals surface area (Å²) < 4.78 is 0. The third-order valence-electron chi connectivity index (χ3n) is 3.48. The normalized spacial score (nSPS) is 12.4. The second kappa shape index (κ2) is 6.53. The molecule has 19 heavy (non-hydrogen) atoms. The fourth-order valence-electron chi connectivity index (χ4n) is 2.47. The van der Waals surface area contributed by atoms with E-state index in [2.05, 4.69) is 74.6 Å². The van der Waals surface area contributed by atoms with Gasteiger partial charge < -0.3 is 5.32 Å². The number of nitrogens with one attached hydrogen (secondary N) is 1. The van der Waals surface area contributed by atoms with Gasteiger partial charge in [0, 0.05) is 0 Å². The van der Waals surface area contributed by atoms with Gasteiger partial charge in [0.15, 0.2) is 0 Å². The van der Waals surface area contributed by atoms with E-state index >= 15 is 0 Å². The Labute approximate surface area is 116 Å². The Kier molecular flexibility index (Phi) is 4.75. The number of rotatable bonds is 5. The minimum absolute atomic E-state index is 0.288. The van der Waals surface area contributed by atoms with Crippen LogP contribution in [0.5, 0.6) is 0 Å². The molecule has 0 saturated heterocycles. The summed E-state index contributed by atoms with van der Waals surface area (Å²) in [4.78, 5) is 0. The summed E-state index contributed by atoms with van der Waals surface area (Å²) in [6.07, 6.45) is 1.08. The lowest BCUT2D eigenvalue weighted by atomic mass is 9.95. The molecule has 0 fully saturated rings. The Morgan fingerprint density at radius 1 is 0.947 bits per heavy atom. The zero-order valence-corrected chi connectivity index (χ0v) is 12.1. The summed E-state index contributed by atoms with van der Waals surface area (Å²) in [5.74, 6) is 0. The van der Waals surface area contributed by atoms with Crippen molar-refractivity contribution in [2.75, 3.05) is 6.54 Å². The Hall–Kier alpha value is -1.60. The first-order valence-electron chi connectivity index (χ1n) is 7.13. The molecule has 100 valence electrons. The average Bonchev–Trinajstić information content (AvgIpc) is 2.45. The first-order valence-corrected chi connectivity index (χ1v) is 7.13. The van der Waals surface area contributed by atoms with Gasteiger partial charge in [-0.05, 0) is 36.6 Å². The van der Waals surface area contributed by atoms with Crippen LogP contribution in [-0.4, -0.2) is 6.54 Å². The van der Waals surface area contributed by atoms with Crippen molar-refractivity contribution in [3.05, 3.63) is 70.8 Å². The van der Waals surface area contributed by atoms with E-state index in [1.54, 1.807) is 0 Å². The Balaban J connectivity index is 2.38. The second-order valence-electron chi connectivity index (χ2n) is 5.00. The van der Waals surface area contributed by atoms with Gasteiger partial charge in [0.1, 0.15) is 0 Å². The molecule has 0 radical (unpaired) electrons. The largest absolute Gasteiger partial charge is 0.307 e. The third-order valence-corrected chi connectivity index (χ3v) is 3.48. The molecule has 1 nitrogen and oxygen atoms in total. The minimum atomic E-state index is 0.288. The lowest BCUT2D eigenvalue weighted by Gasteiger charge is -2.20.